The van der Waals surface area contributed by atoms with E-state index >= 15 is 0 Å². The number of unbranched alkanes of at least 4 members (excludes halogenated alkanes) is 10. The third kappa shape index (κ3) is 12.4. The summed E-state index contributed by atoms with van der Waals surface area (Å²) in [5.41, 5.74) is 3.52. The molecule has 0 radical (unpaired) electrons. The molecule has 2 rings (SSSR count). The topological polar surface area (TPSA) is 67.8 Å². The summed E-state index contributed by atoms with van der Waals surface area (Å²) in [6, 6.07) is 11.7. The number of hydrogen-bond acceptors (Lipinski definition) is 4. The van der Waals surface area contributed by atoms with Crippen molar-refractivity contribution in [3.63, 3.8) is 0 Å². The van der Waals surface area contributed by atoms with Crippen molar-refractivity contribution in [2.75, 3.05) is 0 Å². The maximum atomic E-state index is 12.4. The zero-order chi connectivity index (χ0) is 25.3. The van der Waals surface area contributed by atoms with Gasteiger partial charge in [0.15, 0.2) is 0 Å². The predicted molar refractivity (Wildman–Crippen MR) is 147 cm³/mol. The molecule has 0 aromatic heterocycles. The van der Waals surface area contributed by atoms with Gasteiger partial charge in [-0.25, -0.2) is 10.2 Å². The van der Waals surface area contributed by atoms with Crippen molar-refractivity contribution < 1.29 is 14.3 Å². The van der Waals surface area contributed by atoms with E-state index in [1.54, 1.807) is 42.5 Å². The molecular weight excluding hydrogens is 528 g/mol. The normalized spacial score (nSPS) is 11.1. The highest BCUT2D eigenvalue weighted by Crippen LogP contribution is 2.23. The fourth-order valence-electron chi connectivity index (χ4n) is 3.64. The summed E-state index contributed by atoms with van der Waals surface area (Å²) in [7, 11) is 0. The van der Waals surface area contributed by atoms with Crippen LogP contribution in [0.15, 0.2) is 52.0 Å². The Bertz CT molecular complexity index is 948. The lowest BCUT2D eigenvalue weighted by atomic mass is 10.1. The highest BCUT2D eigenvalue weighted by Gasteiger charge is 2.12. The van der Waals surface area contributed by atoms with E-state index in [-0.39, 0.29) is 5.91 Å². The second kappa shape index (κ2) is 17.3. The monoisotopic (exact) mass is 562 g/mol. The molecule has 0 saturated carbocycles. The lowest BCUT2D eigenvalue weighted by molar-refractivity contribution is -0.121. The molecule has 0 bridgehead atoms. The molecule has 2 aromatic rings. The summed E-state index contributed by atoms with van der Waals surface area (Å²) in [6.07, 6.45) is 15.6. The highest BCUT2D eigenvalue weighted by atomic mass is 79.9. The average Bonchev–Trinajstić information content (AvgIpc) is 2.84. The van der Waals surface area contributed by atoms with Gasteiger partial charge < -0.3 is 4.74 Å². The summed E-state index contributed by atoms with van der Waals surface area (Å²) in [5.74, 6) is -0.275. The Balaban J connectivity index is 1.69. The van der Waals surface area contributed by atoms with Crippen molar-refractivity contribution in [3.8, 4) is 5.75 Å². The molecule has 0 atom stereocenters. The Hall–Kier alpha value is -2.18. The van der Waals surface area contributed by atoms with Crippen molar-refractivity contribution in [2.24, 2.45) is 5.10 Å². The summed E-state index contributed by atoms with van der Waals surface area (Å²) in [6.45, 7) is 2.24. The molecule has 7 heteroatoms. The maximum Gasteiger partial charge on any atom is 0.343 e. The fourth-order valence-corrected chi connectivity index (χ4v) is 4.14. The second-order valence-corrected chi connectivity index (χ2v) is 10.0. The zero-order valence-corrected chi connectivity index (χ0v) is 22.9. The van der Waals surface area contributed by atoms with Crippen LogP contribution in [-0.4, -0.2) is 18.1 Å². The molecule has 35 heavy (non-hydrogen) atoms. The van der Waals surface area contributed by atoms with Gasteiger partial charge >= 0.3 is 5.97 Å². The first-order valence-electron chi connectivity index (χ1n) is 12.6. The first-order valence-corrected chi connectivity index (χ1v) is 13.8. The Morgan fingerprint density at radius 3 is 2.14 bits per heavy atom. The number of rotatable bonds is 16. The van der Waals surface area contributed by atoms with Crippen molar-refractivity contribution in [2.45, 2.75) is 84.0 Å². The summed E-state index contributed by atoms with van der Waals surface area (Å²) >= 11 is 9.29. The van der Waals surface area contributed by atoms with Crippen molar-refractivity contribution in [1.82, 2.24) is 5.43 Å². The van der Waals surface area contributed by atoms with E-state index in [9.17, 15) is 9.59 Å². The highest BCUT2D eigenvalue weighted by molar-refractivity contribution is 9.10. The SMILES string of the molecule is CCCCCCCCCCCCCC(=O)N/N=C/c1cc(Br)ccc1OC(=O)c1ccc(Cl)cc1. The number of hydrogen-bond donors (Lipinski definition) is 1. The smallest absolute Gasteiger partial charge is 0.343 e. The minimum Gasteiger partial charge on any atom is -0.422 e. The third-order valence-electron chi connectivity index (χ3n) is 5.65. The van der Waals surface area contributed by atoms with E-state index < -0.39 is 5.97 Å². The molecular formula is C28H36BrClN2O3. The van der Waals surface area contributed by atoms with Crippen LogP contribution in [0, 0.1) is 0 Å². The van der Waals surface area contributed by atoms with Gasteiger partial charge in [-0.2, -0.15) is 5.10 Å². The number of hydrazone groups is 1. The number of nitrogens with zero attached hydrogens (tertiary/aromatic N) is 1. The quantitative estimate of drug-likeness (QED) is 0.0732. The number of ether oxygens (including phenoxy) is 1. The zero-order valence-electron chi connectivity index (χ0n) is 20.5. The van der Waals surface area contributed by atoms with E-state index in [4.69, 9.17) is 16.3 Å². The van der Waals surface area contributed by atoms with Crippen molar-refractivity contribution in [1.29, 1.82) is 0 Å². The van der Waals surface area contributed by atoms with Gasteiger partial charge in [0.2, 0.25) is 5.91 Å². The molecule has 0 aliphatic rings. The van der Waals surface area contributed by atoms with Gasteiger partial charge in [0.1, 0.15) is 5.75 Å². The number of halogens is 2. The average molecular weight is 564 g/mol. The molecule has 5 nitrogen and oxygen atoms in total. The van der Waals surface area contributed by atoms with Gasteiger partial charge in [-0.3, -0.25) is 4.79 Å². The Kier molecular flexibility index (Phi) is 14.3. The molecule has 0 aliphatic heterocycles. The maximum absolute atomic E-state index is 12.4. The largest absolute Gasteiger partial charge is 0.422 e. The minimum absolute atomic E-state index is 0.119. The fraction of sp³-hybridized carbons (Fsp3) is 0.464. The van der Waals surface area contributed by atoms with Crippen LogP contribution in [0.1, 0.15) is 99.9 Å². The van der Waals surface area contributed by atoms with Crippen LogP contribution in [-0.2, 0) is 4.79 Å². The summed E-state index contributed by atoms with van der Waals surface area (Å²) < 4.78 is 6.32. The summed E-state index contributed by atoms with van der Waals surface area (Å²) in [4.78, 5) is 24.5. The lowest BCUT2D eigenvalue weighted by Crippen LogP contribution is -2.17. The first kappa shape index (κ1) is 29.1. The van der Waals surface area contributed by atoms with Crippen LogP contribution in [0.4, 0.5) is 0 Å². The Morgan fingerprint density at radius 1 is 0.914 bits per heavy atom. The van der Waals surface area contributed by atoms with E-state index in [1.807, 2.05) is 0 Å². The molecule has 0 heterocycles. The lowest BCUT2D eigenvalue weighted by Gasteiger charge is -2.08. The molecule has 0 unspecified atom stereocenters. The molecule has 190 valence electrons. The number of carbonyl (C=O) groups is 2. The number of esters is 1. The van der Waals surface area contributed by atoms with Gasteiger partial charge in [-0.1, -0.05) is 98.7 Å². The number of carbonyl (C=O) groups excluding carboxylic acids is 2. The van der Waals surface area contributed by atoms with Gasteiger partial charge in [-0.05, 0) is 48.9 Å². The van der Waals surface area contributed by atoms with Crippen LogP contribution < -0.4 is 10.2 Å². The minimum atomic E-state index is -0.501. The molecule has 2 aromatic carbocycles. The molecule has 0 saturated heterocycles. The van der Waals surface area contributed by atoms with Crippen LogP contribution >= 0.6 is 27.5 Å². The van der Waals surface area contributed by atoms with Crippen molar-refractivity contribution in [3.05, 3.63) is 63.1 Å². The van der Waals surface area contributed by atoms with Gasteiger partial charge in [0.05, 0.1) is 11.8 Å². The molecule has 0 fully saturated rings. The number of benzene rings is 2. The molecule has 1 amide bonds. The Morgan fingerprint density at radius 2 is 1.51 bits per heavy atom. The van der Waals surface area contributed by atoms with Crippen LogP contribution in [0.5, 0.6) is 5.75 Å². The van der Waals surface area contributed by atoms with Gasteiger partial charge in [0, 0.05) is 21.5 Å². The van der Waals surface area contributed by atoms with Crippen LogP contribution in [0.25, 0.3) is 0 Å². The number of amides is 1. The van der Waals surface area contributed by atoms with E-state index in [0.717, 1.165) is 17.3 Å². The molecule has 0 spiro atoms. The predicted octanol–water partition coefficient (Wildman–Crippen LogP) is 8.47. The first-order chi connectivity index (χ1) is 17.0. The Labute approximate surface area is 222 Å². The molecule has 1 N–H and O–H groups in total. The van der Waals surface area contributed by atoms with Gasteiger partial charge in [-0.15, -0.1) is 0 Å². The number of nitrogens with one attached hydrogen (secondary N) is 1. The standard InChI is InChI=1S/C28H36BrClN2O3/c1-2-3-4-5-6-7-8-9-10-11-12-13-27(33)32-31-21-23-20-24(29)16-19-26(23)35-28(34)22-14-17-25(30)18-15-22/h14-21H,2-13H2,1H3,(H,32,33)/b31-21+. The van der Waals surface area contributed by atoms with Gasteiger partial charge in [0.25, 0.3) is 0 Å². The second-order valence-electron chi connectivity index (χ2n) is 8.66. The van der Waals surface area contributed by atoms with E-state index in [1.165, 1.54) is 64.0 Å². The van der Waals surface area contributed by atoms with E-state index in [2.05, 4.69) is 33.4 Å². The molecule has 0 aliphatic carbocycles. The van der Waals surface area contributed by atoms with Crippen LogP contribution in [0.2, 0.25) is 5.02 Å². The third-order valence-corrected chi connectivity index (χ3v) is 6.40. The van der Waals surface area contributed by atoms with E-state index in [0.29, 0.717) is 28.3 Å². The van der Waals surface area contributed by atoms with Crippen molar-refractivity contribution >= 4 is 45.6 Å². The summed E-state index contributed by atoms with van der Waals surface area (Å²) in [5, 5.41) is 4.59. The van der Waals surface area contributed by atoms with Crippen LogP contribution in [0.3, 0.4) is 0 Å².